The number of rotatable bonds is 3. The van der Waals surface area contributed by atoms with Crippen LogP contribution in [0.3, 0.4) is 0 Å². The van der Waals surface area contributed by atoms with Crippen LogP contribution < -0.4 is 4.74 Å². The van der Waals surface area contributed by atoms with Crippen molar-refractivity contribution in [3.8, 4) is 5.75 Å². The highest BCUT2D eigenvalue weighted by atomic mass is 16.5. The van der Waals surface area contributed by atoms with E-state index in [1.54, 1.807) is 11.0 Å². The van der Waals surface area contributed by atoms with Crippen LogP contribution in [0, 0.1) is 0 Å². The monoisotopic (exact) mass is 218 g/mol. The minimum absolute atomic E-state index is 0.251. The molecule has 16 heavy (non-hydrogen) atoms. The van der Waals surface area contributed by atoms with E-state index in [-0.39, 0.29) is 12.5 Å². The second-order valence-corrected chi connectivity index (χ2v) is 3.91. The molecule has 1 N–H and O–H groups in total. The Bertz CT molecular complexity index is 502. The third-order valence-electron chi connectivity index (χ3n) is 2.22. The minimum Gasteiger partial charge on any atom is -0.425 e. The number of carbonyl (C=O) groups is 1. The molecule has 0 aliphatic rings. The number of likely N-dealkylation sites (N-methyl/N-ethyl adjacent to an activating group) is 1. The van der Waals surface area contributed by atoms with E-state index < -0.39 is 0 Å². The summed E-state index contributed by atoms with van der Waals surface area (Å²) in [7, 11) is 3.66. The number of nitrogens with one attached hydrogen (secondary N) is 1. The molecule has 0 fully saturated rings. The number of esters is 1. The number of fused-ring (bicyclic) bond motifs is 1. The van der Waals surface area contributed by atoms with Gasteiger partial charge in [0.25, 0.3) is 0 Å². The molecule has 84 valence electrons. The van der Waals surface area contributed by atoms with Crippen LogP contribution in [0.5, 0.6) is 5.75 Å². The van der Waals surface area contributed by atoms with E-state index in [1.807, 2.05) is 38.5 Å². The predicted molar refractivity (Wildman–Crippen MR) is 62.5 cm³/mol. The van der Waals surface area contributed by atoms with Crippen LogP contribution in [0.1, 0.15) is 0 Å². The first-order chi connectivity index (χ1) is 7.66. The molecule has 0 aliphatic heterocycles. The molecule has 0 saturated heterocycles. The lowest BCUT2D eigenvalue weighted by molar-refractivity contribution is -0.134. The summed E-state index contributed by atoms with van der Waals surface area (Å²) in [6.45, 7) is 0.279. The van der Waals surface area contributed by atoms with E-state index >= 15 is 0 Å². The van der Waals surface area contributed by atoms with Gasteiger partial charge in [-0.2, -0.15) is 0 Å². The maximum absolute atomic E-state index is 11.5. The van der Waals surface area contributed by atoms with Crippen molar-refractivity contribution in [1.29, 1.82) is 0 Å². The van der Waals surface area contributed by atoms with Crippen molar-refractivity contribution < 1.29 is 9.53 Å². The first-order valence-corrected chi connectivity index (χ1v) is 5.08. The van der Waals surface area contributed by atoms with Gasteiger partial charge >= 0.3 is 5.97 Å². The standard InChI is InChI=1S/C12H14N2O2/c1-14(2)8-12(15)16-11-5-3-4-10-9(11)6-7-13-10/h3-7,13H,8H2,1-2H3. The fraction of sp³-hybridized carbons (Fsp3) is 0.250. The van der Waals surface area contributed by atoms with E-state index in [1.165, 1.54) is 0 Å². The molecule has 0 saturated carbocycles. The van der Waals surface area contributed by atoms with Crippen molar-refractivity contribution >= 4 is 16.9 Å². The molecule has 2 rings (SSSR count). The van der Waals surface area contributed by atoms with Gasteiger partial charge in [0.1, 0.15) is 5.75 Å². The fourth-order valence-electron chi connectivity index (χ4n) is 1.56. The van der Waals surface area contributed by atoms with Crippen LogP contribution in [-0.4, -0.2) is 36.5 Å². The maximum Gasteiger partial charge on any atom is 0.325 e. The van der Waals surface area contributed by atoms with Crippen molar-refractivity contribution in [1.82, 2.24) is 9.88 Å². The SMILES string of the molecule is CN(C)CC(=O)Oc1cccc2[nH]ccc12. The number of hydrogen-bond donors (Lipinski definition) is 1. The van der Waals surface area contributed by atoms with Crippen molar-refractivity contribution in [2.24, 2.45) is 0 Å². The van der Waals surface area contributed by atoms with Gasteiger partial charge in [0, 0.05) is 17.1 Å². The van der Waals surface area contributed by atoms with Gasteiger partial charge in [-0.25, -0.2) is 0 Å². The van der Waals surface area contributed by atoms with Gasteiger partial charge in [-0.1, -0.05) is 6.07 Å². The normalized spacial score (nSPS) is 10.9. The van der Waals surface area contributed by atoms with E-state index in [2.05, 4.69) is 4.98 Å². The van der Waals surface area contributed by atoms with Gasteiger partial charge in [0.05, 0.1) is 6.54 Å². The Hall–Kier alpha value is -1.81. The Morgan fingerprint density at radius 2 is 2.19 bits per heavy atom. The summed E-state index contributed by atoms with van der Waals surface area (Å²) in [6, 6.07) is 7.49. The maximum atomic E-state index is 11.5. The van der Waals surface area contributed by atoms with Crippen LogP contribution in [0.15, 0.2) is 30.5 Å². The van der Waals surface area contributed by atoms with E-state index in [9.17, 15) is 4.79 Å². The van der Waals surface area contributed by atoms with Gasteiger partial charge in [-0.3, -0.25) is 9.69 Å². The van der Waals surface area contributed by atoms with E-state index in [0.717, 1.165) is 10.9 Å². The molecule has 1 heterocycles. The summed E-state index contributed by atoms with van der Waals surface area (Å²) >= 11 is 0. The number of aromatic amines is 1. The Labute approximate surface area is 93.8 Å². The van der Waals surface area contributed by atoms with Crippen molar-refractivity contribution in [3.05, 3.63) is 30.5 Å². The zero-order chi connectivity index (χ0) is 11.5. The Morgan fingerprint density at radius 3 is 2.94 bits per heavy atom. The molecule has 4 nitrogen and oxygen atoms in total. The minimum atomic E-state index is -0.251. The lowest BCUT2D eigenvalue weighted by Gasteiger charge is -2.09. The third-order valence-corrected chi connectivity index (χ3v) is 2.22. The molecular weight excluding hydrogens is 204 g/mol. The second kappa shape index (κ2) is 4.37. The van der Waals surface area contributed by atoms with Crippen molar-refractivity contribution in [2.45, 2.75) is 0 Å². The molecule has 0 aliphatic carbocycles. The Morgan fingerprint density at radius 1 is 1.38 bits per heavy atom. The number of nitrogens with zero attached hydrogens (tertiary/aromatic N) is 1. The number of benzene rings is 1. The number of H-pyrrole nitrogens is 1. The molecule has 0 atom stereocenters. The molecule has 0 amide bonds. The Balaban J connectivity index is 2.20. The summed E-state index contributed by atoms with van der Waals surface area (Å²) in [6.07, 6.45) is 1.83. The van der Waals surface area contributed by atoms with Gasteiger partial charge in [-0.05, 0) is 32.3 Å². The lowest BCUT2D eigenvalue weighted by Crippen LogP contribution is -2.25. The summed E-state index contributed by atoms with van der Waals surface area (Å²) < 4.78 is 5.30. The average molecular weight is 218 g/mol. The van der Waals surface area contributed by atoms with Gasteiger partial charge < -0.3 is 9.72 Å². The molecule has 4 heteroatoms. The molecular formula is C12H14N2O2. The van der Waals surface area contributed by atoms with Crippen LogP contribution in [-0.2, 0) is 4.79 Å². The molecule has 0 bridgehead atoms. The number of ether oxygens (including phenoxy) is 1. The molecule has 0 spiro atoms. The third kappa shape index (κ3) is 2.23. The zero-order valence-electron chi connectivity index (χ0n) is 9.36. The summed E-state index contributed by atoms with van der Waals surface area (Å²) in [5.41, 5.74) is 0.968. The molecule has 1 aromatic heterocycles. The molecule has 1 aromatic carbocycles. The van der Waals surface area contributed by atoms with Gasteiger partial charge in [0.2, 0.25) is 0 Å². The topological polar surface area (TPSA) is 45.3 Å². The first-order valence-electron chi connectivity index (χ1n) is 5.08. The molecule has 2 aromatic rings. The fourth-order valence-corrected chi connectivity index (χ4v) is 1.56. The molecule has 0 radical (unpaired) electrons. The summed E-state index contributed by atoms with van der Waals surface area (Å²) in [5, 5.41) is 0.926. The number of aromatic nitrogens is 1. The average Bonchev–Trinajstić information content (AvgIpc) is 2.65. The lowest BCUT2D eigenvalue weighted by atomic mass is 10.2. The van der Waals surface area contributed by atoms with E-state index in [0.29, 0.717) is 5.75 Å². The highest BCUT2D eigenvalue weighted by molar-refractivity contribution is 5.88. The van der Waals surface area contributed by atoms with Crippen molar-refractivity contribution in [2.75, 3.05) is 20.6 Å². The number of hydrogen-bond acceptors (Lipinski definition) is 3. The highest BCUT2D eigenvalue weighted by Gasteiger charge is 2.09. The number of carbonyl (C=O) groups excluding carboxylic acids is 1. The summed E-state index contributed by atoms with van der Waals surface area (Å²) in [4.78, 5) is 16.4. The highest BCUT2D eigenvalue weighted by Crippen LogP contribution is 2.24. The van der Waals surface area contributed by atoms with Crippen molar-refractivity contribution in [3.63, 3.8) is 0 Å². The first kappa shape index (κ1) is 10.7. The van der Waals surface area contributed by atoms with Gasteiger partial charge in [-0.15, -0.1) is 0 Å². The van der Waals surface area contributed by atoms with Crippen LogP contribution >= 0.6 is 0 Å². The smallest absolute Gasteiger partial charge is 0.325 e. The summed E-state index contributed by atoms with van der Waals surface area (Å²) in [5.74, 6) is 0.351. The Kier molecular flexibility index (Phi) is 2.92. The largest absolute Gasteiger partial charge is 0.425 e. The predicted octanol–water partition coefficient (Wildman–Crippen LogP) is 1.63. The van der Waals surface area contributed by atoms with E-state index in [4.69, 9.17) is 4.74 Å². The van der Waals surface area contributed by atoms with Crippen LogP contribution in [0.4, 0.5) is 0 Å². The zero-order valence-corrected chi connectivity index (χ0v) is 9.36. The molecule has 0 unspecified atom stereocenters. The van der Waals surface area contributed by atoms with Gasteiger partial charge in [0.15, 0.2) is 0 Å². The van der Waals surface area contributed by atoms with Crippen LogP contribution in [0.25, 0.3) is 10.9 Å². The second-order valence-electron chi connectivity index (χ2n) is 3.91. The quantitative estimate of drug-likeness (QED) is 0.629. The van der Waals surface area contributed by atoms with Crippen LogP contribution in [0.2, 0.25) is 0 Å².